The van der Waals surface area contributed by atoms with Gasteiger partial charge >= 0.3 is 5.97 Å². The molecule has 1 heterocycles. The molecule has 0 aromatic carbocycles. The third-order valence-corrected chi connectivity index (χ3v) is 2.50. The lowest BCUT2D eigenvalue weighted by Gasteiger charge is -2.12. The summed E-state index contributed by atoms with van der Waals surface area (Å²) in [7, 11) is 0. The molecule has 17 heavy (non-hydrogen) atoms. The number of carboxylic acid groups (broad SMARTS) is 1. The molecule has 0 amide bonds. The van der Waals surface area contributed by atoms with Gasteiger partial charge in [0.15, 0.2) is 5.69 Å². The van der Waals surface area contributed by atoms with Crippen LogP contribution in [0.25, 0.3) is 0 Å². The molecular weight excluding hydrogens is 222 g/mol. The van der Waals surface area contributed by atoms with Crippen LogP contribution in [0.3, 0.4) is 0 Å². The van der Waals surface area contributed by atoms with Gasteiger partial charge in [-0.15, -0.1) is 5.10 Å². The molecule has 0 fully saturated rings. The summed E-state index contributed by atoms with van der Waals surface area (Å²) in [6.45, 7) is 6.15. The van der Waals surface area contributed by atoms with Crippen LogP contribution < -0.4 is 0 Å². The summed E-state index contributed by atoms with van der Waals surface area (Å²) in [5.41, 5.74) is 0.571. The molecule has 0 radical (unpaired) electrons. The fourth-order valence-corrected chi connectivity index (χ4v) is 1.56. The molecule has 96 valence electrons. The Bertz CT molecular complexity index is 387. The van der Waals surface area contributed by atoms with E-state index in [9.17, 15) is 9.90 Å². The van der Waals surface area contributed by atoms with Gasteiger partial charge in [-0.1, -0.05) is 26.0 Å². The van der Waals surface area contributed by atoms with Crippen LogP contribution in [0, 0.1) is 5.92 Å². The van der Waals surface area contributed by atoms with Gasteiger partial charge in [-0.2, -0.15) is 0 Å². The van der Waals surface area contributed by atoms with Gasteiger partial charge in [0.1, 0.15) is 0 Å². The highest BCUT2D eigenvalue weighted by molar-refractivity contribution is 5.86. The van der Waals surface area contributed by atoms with Gasteiger partial charge in [0.05, 0.1) is 18.3 Å². The molecule has 0 aliphatic heterocycles. The van der Waals surface area contributed by atoms with Crippen LogP contribution in [0.4, 0.5) is 0 Å². The van der Waals surface area contributed by atoms with Gasteiger partial charge in [-0.3, -0.25) is 0 Å². The quantitative estimate of drug-likeness (QED) is 0.774. The summed E-state index contributed by atoms with van der Waals surface area (Å²) >= 11 is 0. The van der Waals surface area contributed by atoms with E-state index in [1.807, 2.05) is 20.8 Å². The number of aliphatic hydroxyl groups excluding tert-OH is 1. The SMILES string of the molecule is CCC(O)Cn1nnc(C(=O)O)c1CC(C)C. The molecule has 0 aliphatic rings. The van der Waals surface area contributed by atoms with Crippen molar-refractivity contribution in [3.8, 4) is 0 Å². The van der Waals surface area contributed by atoms with Crippen molar-refractivity contribution < 1.29 is 15.0 Å². The second kappa shape index (κ2) is 5.77. The van der Waals surface area contributed by atoms with Crippen molar-refractivity contribution in [3.63, 3.8) is 0 Å². The molecule has 0 aliphatic carbocycles. The monoisotopic (exact) mass is 241 g/mol. The standard InChI is InChI=1S/C11H19N3O3/c1-4-8(15)6-14-9(5-7(2)3)10(11(16)17)12-13-14/h7-8,15H,4-6H2,1-3H3,(H,16,17). The van der Waals surface area contributed by atoms with E-state index in [4.69, 9.17) is 5.11 Å². The lowest BCUT2D eigenvalue weighted by atomic mass is 10.1. The summed E-state index contributed by atoms with van der Waals surface area (Å²) in [6.07, 6.45) is 0.665. The number of hydrogen-bond acceptors (Lipinski definition) is 4. The highest BCUT2D eigenvalue weighted by Gasteiger charge is 2.20. The van der Waals surface area contributed by atoms with Gasteiger partial charge in [0.25, 0.3) is 0 Å². The van der Waals surface area contributed by atoms with Crippen molar-refractivity contribution >= 4 is 5.97 Å². The third kappa shape index (κ3) is 3.52. The lowest BCUT2D eigenvalue weighted by molar-refractivity contribution is 0.0688. The van der Waals surface area contributed by atoms with Crippen LogP contribution in [0.2, 0.25) is 0 Å². The van der Waals surface area contributed by atoms with E-state index in [0.717, 1.165) is 0 Å². The molecular formula is C11H19N3O3. The molecule has 0 bridgehead atoms. The van der Waals surface area contributed by atoms with Crippen LogP contribution in [0.15, 0.2) is 0 Å². The van der Waals surface area contributed by atoms with Crippen LogP contribution in [-0.4, -0.2) is 37.3 Å². The van der Waals surface area contributed by atoms with E-state index < -0.39 is 12.1 Å². The average molecular weight is 241 g/mol. The summed E-state index contributed by atoms with van der Waals surface area (Å²) in [4.78, 5) is 11.0. The molecule has 0 saturated heterocycles. The molecule has 0 saturated carbocycles. The van der Waals surface area contributed by atoms with E-state index in [2.05, 4.69) is 10.3 Å². The van der Waals surface area contributed by atoms with Crippen LogP contribution >= 0.6 is 0 Å². The number of carboxylic acids is 1. The van der Waals surface area contributed by atoms with Crippen LogP contribution in [0.5, 0.6) is 0 Å². The topological polar surface area (TPSA) is 88.2 Å². The molecule has 6 nitrogen and oxygen atoms in total. The molecule has 1 rings (SSSR count). The first kappa shape index (κ1) is 13.6. The number of rotatable bonds is 6. The first-order valence-corrected chi connectivity index (χ1v) is 5.79. The predicted molar refractivity (Wildman–Crippen MR) is 61.8 cm³/mol. The Kier molecular flexibility index (Phi) is 4.62. The third-order valence-electron chi connectivity index (χ3n) is 2.50. The zero-order chi connectivity index (χ0) is 13.0. The Morgan fingerprint density at radius 1 is 1.47 bits per heavy atom. The van der Waals surface area contributed by atoms with Crippen molar-refractivity contribution in [1.29, 1.82) is 0 Å². The number of aromatic carboxylic acids is 1. The second-order valence-corrected chi connectivity index (χ2v) is 4.53. The van der Waals surface area contributed by atoms with E-state index in [-0.39, 0.29) is 5.69 Å². The number of nitrogens with zero attached hydrogens (tertiary/aromatic N) is 3. The molecule has 0 spiro atoms. The lowest BCUT2D eigenvalue weighted by Crippen LogP contribution is -2.19. The number of carbonyl (C=O) groups is 1. The summed E-state index contributed by atoms with van der Waals surface area (Å²) in [6, 6.07) is 0. The Labute approximate surface area is 100 Å². The number of hydrogen-bond donors (Lipinski definition) is 2. The summed E-state index contributed by atoms with van der Waals surface area (Å²) in [5, 5.41) is 26.0. The zero-order valence-electron chi connectivity index (χ0n) is 10.4. The molecule has 6 heteroatoms. The number of aromatic nitrogens is 3. The van der Waals surface area contributed by atoms with Gasteiger partial charge in [-0.05, 0) is 18.8 Å². The molecule has 1 unspecified atom stereocenters. The minimum Gasteiger partial charge on any atom is -0.476 e. The van der Waals surface area contributed by atoms with E-state index in [1.165, 1.54) is 4.68 Å². The maximum absolute atomic E-state index is 11.0. The maximum atomic E-state index is 11.0. The molecule has 1 aromatic rings. The smallest absolute Gasteiger partial charge is 0.358 e. The van der Waals surface area contributed by atoms with Crippen molar-refractivity contribution in [2.45, 2.75) is 46.3 Å². The fraction of sp³-hybridized carbons (Fsp3) is 0.727. The minimum absolute atomic E-state index is 0.0120. The van der Waals surface area contributed by atoms with E-state index in [0.29, 0.717) is 31.0 Å². The number of aliphatic hydroxyl groups is 1. The highest BCUT2D eigenvalue weighted by Crippen LogP contribution is 2.13. The predicted octanol–water partition coefficient (Wildman–Crippen LogP) is 0.946. The van der Waals surface area contributed by atoms with Crippen molar-refractivity contribution in [2.75, 3.05) is 0 Å². The van der Waals surface area contributed by atoms with E-state index in [1.54, 1.807) is 0 Å². The first-order chi connectivity index (χ1) is 7.95. The van der Waals surface area contributed by atoms with E-state index >= 15 is 0 Å². The molecule has 1 atom stereocenters. The second-order valence-electron chi connectivity index (χ2n) is 4.53. The Morgan fingerprint density at radius 3 is 2.59 bits per heavy atom. The van der Waals surface area contributed by atoms with Crippen molar-refractivity contribution in [3.05, 3.63) is 11.4 Å². The molecule has 2 N–H and O–H groups in total. The van der Waals surface area contributed by atoms with Gasteiger partial charge < -0.3 is 10.2 Å². The van der Waals surface area contributed by atoms with Crippen molar-refractivity contribution in [1.82, 2.24) is 15.0 Å². The van der Waals surface area contributed by atoms with Gasteiger partial charge in [-0.25, -0.2) is 9.48 Å². The van der Waals surface area contributed by atoms with Gasteiger partial charge in [0.2, 0.25) is 0 Å². The van der Waals surface area contributed by atoms with Gasteiger partial charge in [0, 0.05) is 0 Å². The van der Waals surface area contributed by atoms with Crippen molar-refractivity contribution in [2.24, 2.45) is 5.92 Å². The average Bonchev–Trinajstić information content (AvgIpc) is 2.60. The molecule has 1 aromatic heterocycles. The zero-order valence-corrected chi connectivity index (χ0v) is 10.4. The van der Waals surface area contributed by atoms with Crippen LogP contribution in [0.1, 0.15) is 43.4 Å². The van der Waals surface area contributed by atoms with Crippen LogP contribution in [-0.2, 0) is 13.0 Å². The Morgan fingerprint density at radius 2 is 2.12 bits per heavy atom. The summed E-state index contributed by atoms with van der Waals surface area (Å²) in [5.74, 6) is -0.762. The Balaban J connectivity index is 3.00. The Hall–Kier alpha value is -1.43. The first-order valence-electron chi connectivity index (χ1n) is 5.79. The largest absolute Gasteiger partial charge is 0.476 e. The fourth-order valence-electron chi connectivity index (χ4n) is 1.56. The maximum Gasteiger partial charge on any atom is 0.358 e. The minimum atomic E-state index is -1.07. The highest BCUT2D eigenvalue weighted by atomic mass is 16.4. The summed E-state index contributed by atoms with van der Waals surface area (Å²) < 4.78 is 1.50. The normalized spacial score (nSPS) is 13.0.